The second-order valence-electron chi connectivity index (χ2n) is 5.47. The number of allylic oxidation sites excluding steroid dienone is 1. The number of aromatic nitrogens is 2. The fraction of sp³-hybridized carbons (Fsp3) is 0.615. The van der Waals surface area contributed by atoms with Crippen molar-refractivity contribution < 1.29 is 0 Å². The van der Waals surface area contributed by atoms with Gasteiger partial charge in [-0.25, -0.2) is 0 Å². The van der Waals surface area contributed by atoms with E-state index in [0.717, 1.165) is 18.7 Å². The molecule has 1 rings (SSSR count). The molecule has 1 N–H and O–H groups in total. The predicted octanol–water partition coefficient (Wildman–Crippen LogP) is 2.66. The van der Waals surface area contributed by atoms with Crippen molar-refractivity contribution in [2.24, 2.45) is 0 Å². The molecule has 0 aliphatic carbocycles. The third-order valence-electron chi connectivity index (χ3n) is 2.43. The lowest BCUT2D eigenvalue weighted by atomic mass is 10.1. The quantitative estimate of drug-likeness (QED) is 0.792. The third kappa shape index (κ3) is 3.81. The summed E-state index contributed by atoms with van der Waals surface area (Å²) < 4.78 is 2.00. The average Bonchev–Trinajstić information content (AvgIpc) is 2.43. The molecule has 0 aromatic carbocycles. The molecular formula is C13H23N3. The van der Waals surface area contributed by atoms with Crippen LogP contribution in [0.25, 0.3) is 0 Å². The van der Waals surface area contributed by atoms with E-state index in [-0.39, 0.29) is 5.54 Å². The monoisotopic (exact) mass is 221 g/mol. The minimum absolute atomic E-state index is 0.142. The summed E-state index contributed by atoms with van der Waals surface area (Å²) in [6.07, 6.45) is 1.94. The summed E-state index contributed by atoms with van der Waals surface area (Å²) in [7, 11) is 0. The summed E-state index contributed by atoms with van der Waals surface area (Å²) in [5, 5.41) is 7.84. The van der Waals surface area contributed by atoms with Crippen LogP contribution in [0.5, 0.6) is 0 Å². The van der Waals surface area contributed by atoms with Gasteiger partial charge in [-0.2, -0.15) is 5.10 Å². The van der Waals surface area contributed by atoms with E-state index in [1.807, 2.05) is 17.8 Å². The van der Waals surface area contributed by atoms with Crippen molar-refractivity contribution >= 4 is 0 Å². The molecule has 1 aromatic rings. The zero-order valence-corrected chi connectivity index (χ0v) is 11.1. The second kappa shape index (κ2) is 4.83. The first kappa shape index (κ1) is 13.0. The molecule has 0 spiro atoms. The van der Waals surface area contributed by atoms with Crippen molar-refractivity contribution in [3.8, 4) is 0 Å². The molecule has 0 bridgehead atoms. The number of hydrogen-bond donors (Lipinski definition) is 1. The van der Waals surface area contributed by atoms with Crippen molar-refractivity contribution in [2.45, 2.75) is 53.2 Å². The van der Waals surface area contributed by atoms with E-state index < -0.39 is 0 Å². The van der Waals surface area contributed by atoms with Crippen LogP contribution >= 0.6 is 0 Å². The van der Waals surface area contributed by atoms with E-state index in [2.05, 4.69) is 44.7 Å². The molecule has 3 nitrogen and oxygen atoms in total. The molecule has 0 unspecified atom stereocenters. The Hall–Kier alpha value is -1.09. The summed E-state index contributed by atoms with van der Waals surface area (Å²) >= 11 is 0. The minimum atomic E-state index is 0.142. The normalized spacial score (nSPS) is 11.8. The molecule has 0 amide bonds. The number of hydrogen-bond acceptors (Lipinski definition) is 2. The van der Waals surface area contributed by atoms with Crippen LogP contribution in [0, 0.1) is 6.92 Å². The van der Waals surface area contributed by atoms with Gasteiger partial charge in [0.2, 0.25) is 0 Å². The highest BCUT2D eigenvalue weighted by Crippen LogP contribution is 2.10. The van der Waals surface area contributed by atoms with Crippen molar-refractivity contribution in [2.75, 3.05) is 0 Å². The maximum Gasteiger partial charge on any atom is 0.0617 e. The Morgan fingerprint density at radius 1 is 1.50 bits per heavy atom. The second-order valence-corrected chi connectivity index (χ2v) is 5.47. The molecule has 1 aromatic heterocycles. The largest absolute Gasteiger partial charge is 0.308 e. The van der Waals surface area contributed by atoms with Crippen LogP contribution < -0.4 is 5.32 Å². The highest BCUT2D eigenvalue weighted by atomic mass is 15.3. The topological polar surface area (TPSA) is 29.9 Å². The summed E-state index contributed by atoms with van der Waals surface area (Å²) in [4.78, 5) is 0. The van der Waals surface area contributed by atoms with E-state index in [4.69, 9.17) is 0 Å². The molecule has 0 saturated heterocycles. The van der Waals surface area contributed by atoms with Crippen molar-refractivity contribution in [3.63, 3.8) is 0 Å². The molecule has 3 heteroatoms. The van der Waals surface area contributed by atoms with Gasteiger partial charge in [-0.1, -0.05) is 12.2 Å². The molecule has 0 saturated carbocycles. The van der Waals surface area contributed by atoms with Crippen LogP contribution in [-0.2, 0) is 13.1 Å². The van der Waals surface area contributed by atoms with Gasteiger partial charge in [0.1, 0.15) is 0 Å². The van der Waals surface area contributed by atoms with Crippen LogP contribution in [0.1, 0.15) is 39.0 Å². The van der Waals surface area contributed by atoms with Crippen LogP contribution in [0.2, 0.25) is 0 Å². The SMILES string of the molecule is C=C(C)Cn1ncc(CNC(C)(C)C)c1C. The fourth-order valence-corrected chi connectivity index (χ4v) is 1.43. The van der Waals surface area contributed by atoms with Gasteiger partial charge in [-0.05, 0) is 34.6 Å². The maximum absolute atomic E-state index is 4.37. The van der Waals surface area contributed by atoms with Gasteiger partial charge in [-0.15, -0.1) is 0 Å². The smallest absolute Gasteiger partial charge is 0.0617 e. The van der Waals surface area contributed by atoms with Gasteiger partial charge in [0.25, 0.3) is 0 Å². The number of nitrogens with zero attached hydrogens (tertiary/aromatic N) is 2. The molecule has 90 valence electrons. The zero-order valence-electron chi connectivity index (χ0n) is 11.1. The lowest BCUT2D eigenvalue weighted by molar-refractivity contribution is 0.423. The lowest BCUT2D eigenvalue weighted by Crippen LogP contribution is -2.35. The van der Waals surface area contributed by atoms with Gasteiger partial charge < -0.3 is 5.32 Å². The Balaban J connectivity index is 2.69. The Morgan fingerprint density at radius 2 is 2.12 bits per heavy atom. The van der Waals surface area contributed by atoms with E-state index in [0.29, 0.717) is 0 Å². The molecule has 0 radical (unpaired) electrons. The van der Waals surface area contributed by atoms with Gasteiger partial charge in [0, 0.05) is 23.3 Å². The maximum atomic E-state index is 4.37. The number of rotatable bonds is 4. The molecular weight excluding hydrogens is 198 g/mol. The summed E-state index contributed by atoms with van der Waals surface area (Å²) in [5.41, 5.74) is 3.75. The molecule has 0 aliphatic heterocycles. The van der Waals surface area contributed by atoms with Crippen LogP contribution in [-0.4, -0.2) is 15.3 Å². The Labute approximate surface area is 98.5 Å². The Bertz CT molecular complexity index is 369. The lowest BCUT2D eigenvalue weighted by Gasteiger charge is -2.20. The summed E-state index contributed by atoms with van der Waals surface area (Å²) in [5.74, 6) is 0. The van der Waals surface area contributed by atoms with E-state index in [9.17, 15) is 0 Å². The molecule has 16 heavy (non-hydrogen) atoms. The Kier molecular flexibility index (Phi) is 3.92. The first-order valence-corrected chi connectivity index (χ1v) is 5.70. The van der Waals surface area contributed by atoms with Gasteiger partial charge in [0.15, 0.2) is 0 Å². The van der Waals surface area contributed by atoms with Crippen molar-refractivity contribution in [1.29, 1.82) is 0 Å². The van der Waals surface area contributed by atoms with Crippen molar-refractivity contribution in [3.05, 3.63) is 29.6 Å². The zero-order chi connectivity index (χ0) is 12.3. The highest BCUT2D eigenvalue weighted by molar-refractivity contribution is 5.17. The van der Waals surface area contributed by atoms with Gasteiger partial charge in [0.05, 0.1) is 12.7 Å². The Morgan fingerprint density at radius 3 is 2.62 bits per heavy atom. The highest BCUT2D eigenvalue weighted by Gasteiger charge is 2.11. The first-order chi connectivity index (χ1) is 7.29. The van der Waals surface area contributed by atoms with E-state index in [1.54, 1.807) is 0 Å². The first-order valence-electron chi connectivity index (χ1n) is 5.70. The van der Waals surface area contributed by atoms with Crippen LogP contribution in [0.3, 0.4) is 0 Å². The predicted molar refractivity (Wildman–Crippen MR) is 68.4 cm³/mol. The van der Waals surface area contributed by atoms with Gasteiger partial charge in [-0.3, -0.25) is 4.68 Å². The molecule has 0 atom stereocenters. The average molecular weight is 221 g/mol. The third-order valence-corrected chi connectivity index (χ3v) is 2.43. The molecule has 0 aliphatic rings. The molecule has 0 fully saturated rings. The standard InChI is InChI=1S/C13H23N3/c1-10(2)9-16-11(3)12(8-15-16)7-14-13(4,5)6/h8,14H,1,7,9H2,2-6H3. The summed E-state index contributed by atoms with van der Waals surface area (Å²) in [6.45, 7) is 16.2. The van der Waals surface area contributed by atoms with Crippen molar-refractivity contribution in [1.82, 2.24) is 15.1 Å². The minimum Gasteiger partial charge on any atom is -0.308 e. The fourth-order valence-electron chi connectivity index (χ4n) is 1.43. The number of nitrogens with one attached hydrogen (secondary N) is 1. The van der Waals surface area contributed by atoms with Gasteiger partial charge >= 0.3 is 0 Å². The van der Waals surface area contributed by atoms with Crippen LogP contribution in [0.15, 0.2) is 18.3 Å². The summed E-state index contributed by atoms with van der Waals surface area (Å²) in [6, 6.07) is 0. The van der Waals surface area contributed by atoms with Crippen LogP contribution in [0.4, 0.5) is 0 Å². The van der Waals surface area contributed by atoms with E-state index >= 15 is 0 Å². The van der Waals surface area contributed by atoms with E-state index in [1.165, 1.54) is 11.3 Å². The molecule has 1 heterocycles.